The first-order chi connectivity index (χ1) is 11.2. The summed E-state index contributed by atoms with van der Waals surface area (Å²) < 4.78 is 0. The third-order valence-corrected chi connectivity index (χ3v) is 4.83. The van der Waals surface area contributed by atoms with E-state index in [-0.39, 0.29) is 11.8 Å². The van der Waals surface area contributed by atoms with Crippen molar-refractivity contribution in [3.63, 3.8) is 0 Å². The summed E-state index contributed by atoms with van der Waals surface area (Å²) in [6.45, 7) is 2.98. The summed E-state index contributed by atoms with van der Waals surface area (Å²) in [6, 6.07) is 7.14. The molecule has 1 N–H and O–H groups in total. The van der Waals surface area contributed by atoms with E-state index in [1.54, 1.807) is 11.8 Å². The average molecular weight is 312 g/mol. The zero-order valence-corrected chi connectivity index (χ0v) is 13.7. The van der Waals surface area contributed by atoms with Gasteiger partial charge in [0.1, 0.15) is 6.04 Å². The zero-order chi connectivity index (χ0) is 16.2. The van der Waals surface area contributed by atoms with Gasteiger partial charge in [0.05, 0.1) is 0 Å². The summed E-state index contributed by atoms with van der Waals surface area (Å²) in [6.07, 6.45) is 8.10. The highest BCUT2D eigenvalue weighted by atomic mass is 16.2. The van der Waals surface area contributed by atoms with Crippen molar-refractivity contribution < 1.29 is 9.59 Å². The molecule has 0 spiro atoms. The Labute approximate surface area is 137 Å². The lowest BCUT2D eigenvalue weighted by Crippen LogP contribution is -2.45. The lowest BCUT2D eigenvalue weighted by Gasteiger charge is -2.23. The number of amides is 2. The first-order valence-corrected chi connectivity index (χ1v) is 8.51. The topological polar surface area (TPSA) is 49.4 Å². The molecule has 0 saturated heterocycles. The number of rotatable bonds is 5. The van der Waals surface area contributed by atoms with Crippen molar-refractivity contribution in [1.29, 1.82) is 0 Å². The largest absolute Gasteiger partial charge is 0.354 e. The van der Waals surface area contributed by atoms with Crippen LogP contribution >= 0.6 is 0 Å². The number of allylic oxidation sites excluding steroid dienone is 1. The van der Waals surface area contributed by atoms with Crippen LogP contribution in [0, 0.1) is 0 Å². The maximum atomic E-state index is 12.4. The normalized spacial score (nSPS) is 18.4. The number of nitrogens with one attached hydrogen (secondary N) is 1. The van der Waals surface area contributed by atoms with E-state index in [1.807, 2.05) is 24.3 Å². The molecule has 2 amide bonds. The van der Waals surface area contributed by atoms with Gasteiger partial charge in [0.25, 0.3) is 5.91 Å². The number of nitrogens with zero attached hydrogens (tertiary/aromatic N) is 1. The molecule has 3 rings (SSSR count). The first-order valence-electron chi connectivity index (χ1n) is 8.51. The smallest absolute Gasteiger partial charge is 0.255 e. The molecule has 0 aromatic heterocycles. The molecule has 2 aliphatic rings. The van der Waals surface area contributed by atoms with Crippen LogP contribution in [0.5, 0.6) is 0 Å². The standard InChI is InChI=1S/C19H24N2O2/c1-14(18(22)20-12-11-15-7-3-2-4-8-15)21-13-16-9-5-6-10-17(16)19(21)23/h5-7,9-10,14H,2-4,8,11-13H2,1H3,(H,20,22). The van der Waals surface area contributed by atoms with E-state index in [9.17, 15) is 9.59 Å². The Morgan fingerprint density at radius 3 is 2.87 bits per heavy atom. The van der Waals surface area contributed by atoms with Gasteiger partial charge in [0, 0.05) is 18.7 Å². The van der Waals surface area contributed by atoms with Gasteiger partial charge in [-0.1, -0.05) is 29.8 Å². The van der Waals surface area contributed by atoms with Crippen LogP contribution in [-0.2, 0) is 11.3 Å². The van der Waals surface area contributed by atoms with Crippen molar-refractivity contribution in [3.8, 4) is 0 Å². The number of hydrogen-bond donors (Lipinski definition) is 1. The van der Waals surface area contributed by atoms with Gasteiger partial charge in [-0.05, 0) is 50.7 Å². The summed E-state index contributed by atoms with van der Waals surface area (Å²) in [5.41, 5.74) is 3.18. The van der Waals surface area contributed by atoms with Crippen LogP contribution < -0.4 is 5.32 Å². The fourth-order valence-corrected chi connectivity index (χ4v) is 3.36. The van der Waals surface area contributed by atoms with Gasteiger partial charge in [-0.25, -0.2) is 0 Å². The SMILES string of the molecule is CC(C(=O)NCCC1=CCCCC1)N1Cc2ccccc2C1=O. The fourth-order valence-electron chi connectivity index (χ4n) is 3.36. The predicted octanol–water partition coefficient (Wildman–Crippen LogP) is 3.04. The van der Waals surface area contributed by atoms with Crippen molar-refractivity contribution >= 4 is 11.8 Å². The summed E-state index contributed by atoms with van der Waals surface area (Å²) in [5.74, 6) is -0.110. The van der Waals surface area contributed by atoms with Crippen molar-refractivity contribution in [2.45, 2.75) is 51.6 Å². The van der Waals surface area contributed by atoms with Gasteiger partial charge in [-0.2, -0.15) is 0 Å². The molecule has 1 aliphatic heterocycles. The van der Waals surface area contributed by atoms with Crippen LogP contribution in [0.4, 0.5) is 0 Å². The van der Waals surface area contributed by atoms with Crippen molar-refractivity contribution in [1.82, 2.24) is 10.2 Å². The highest BCUT2D eigenvalue weighted by Gasteiger charge is 2.33. The molecule has 1 aromatic carbocycles. The lowest BCUT2D eigenvalue weighted by molar-refractivity contribution is -0.125. The number of carbonyl (C=O) groups excluding carboxylic acids is 2. The molecule has 1 aliphatic carbocycles. The second-order valence-corrected chi connectivity index (χ2v) is 6.42. The Morgan fingerprint density at radius 1 is 1.30 bits per heavy atom. The van der Waals surface area contributed by atoms with Gasteiger partial charge in [0.2, 0.25) is 5.91 Å². The molecule has 23 heavy (non-hydrogen) atoms. The molecule has 0 saturated carbocycles. The van der Waals surface area contributed by atoms with Gasteiger partial charge < -0.3 is 10.2 Å². The third-order valence-electron chi connectivity index (χ3n) is 4.83. The number of carbonyl (C=O) groups is 2. The number of fused-ring (bicyclic) bond motifs is 1. The van der Waals surface area contributed by atoms with Crippen LogP contribution in [0.15, 0.2) is 35.9 Å². The van der Waals surface area contributed by atoms with E-state index in [2.05, 4.69) is 11.4 Å². The van der Waals surface area contributed by atoms with Crippen LogP contribution in [0.25, 0.3) is 0 Å². The highest BCUT2D eigenvalue weighted by molar-refractivity contribution is 6.00. The molecule has 1 unspecified atom stereocenters. The monoisotopic (exact) mass is 312 g/mol. The summed E-state index contributed by atoms with van der Waals surface area (Å²) in [4.78, 5) is 26.4. The minimum Gasteiger partial charge on any atom is -0.354 e. The summed E-state index contributed by atoms with van der Waals surface area (Å²) in [7, 11) is 0. The first kappa shape index (κ1) is 15.8. The second-order valence-electron chi connectivity index (χ2n) is 6.42. The van der Waals surface area contributed by atoms with Gasteiger partial charge >= 0.3 is 0 Å². The summed E-state index contributed by atoms with van der Waals surface area (Å²) >= 11 is 0. The average Bonchev–Trinajstić information content (AvgIpc) is 2.92. The minimum atomic E-state index is -0.435. The van der Waals surface area contributed by atoms with E-state index >= 15 is 0 Å². The quantitative estimate of drug-likeness (QED) is 0.850. The van der Waals surface area contributed by atoms with Crippen molar-refractivity contribution in [3.05, 3.63) is 47.0 Å². The molecule has 4 heteroatoms. The molecule has 1 heterocycles. The Kier molecular flexibility index (Phi) is 4.79. The van der Waals surface area contributed by atoms with Crippen LogP contribution in [0.1, 0.15) is 54.9 Å². The van der Waals surface area contributed by atoms with Crippen LogP contribution in [0.2, 0.25) is 0 Å². The molecule has 4 nitrogen and oxygen atoms in total. The maximum Gasteiger partial charge on any atom is 0.255 e. The zero-order valence-electron chi connectivity index (χ0n) is 13.7. The Bertz CT molecular complexity index is 636. The Balaban J connectivity index is 1.52. The Hall–Kier alpha value is -2.10. The fraction of sp³-hybridized carbons (Fsp3) is 0.474. The summed E-state index contributed by atoms with van der Waals surface area (Å²) in [5, 5.41) is 2.98. The van der Waals surface area contributed by atoms with Crippen LogP contribution in [-0.4, -0.2) is 29.3 Å². The molecule has 0 radical (unpaired) electrons. The van der Waals surface area contributed by atoms with E-state index in [4.69, 9.17) is 0 Å². The second kappa shape index (κ2) is 6.99. The Morgan fingerprint density at radius 2 is 2.13 bits per heavy atom. The lowest BCUT2D eigenvalue weighted by atomic mass is 9.97. The van der Waals surface area contributed by atoms with E-state index < -0.39 is 6.04 Å². The predicted molar refractivity (Wildman–Crippen MR) is 90.0 cm³/mol. The maximum absolute atomic E-state index is 12.4. The molecule has 122 valence electrons. The van der Waals surface area contributed by atoms with E-state index in [0.717, 1.165) is 24.0 Å². The molecular weight excluding hydrogens is 288 g/mol. The van der Waals surface area contributed by atoms with Gasteiger partial charge in [-0.3, -0.25) is 9.59 Å². The molecule has 1 atom stereocenters. The van der Waals surface area contributed by atoms with Gasteiger partial charge in [-0.15, -0.1) is 0 Å². The van der Waals surface area contributed by atoms with Crippen LogP contribution in [0.3, 0.4) is 0 Å². The van der Waals surface area contributed by atoms with Crippen molar-refractivity contribution in [2.75, 3.05) is 6.54 Å². The highest BCUT2D eigenvalue weighted by Crippen LogP contribution is 2.24. The molecule has 1 aromatic rings. The van der Waals surface area contributed by atoms with E-state index in [1.165, 1.54) is 24.8 Å². The van der Waals surface area contributed by atoms with E-state index in [0.29, 0.717) is 13.1 Å². The third kappa shape index (κ3) is 3.46. The van der Waals surface area contributed by atoms with Gasteiger partial charge in [0.15, 0.2) is 0 Å². The molecule has 0 bridgehead atoms. The minimum absolute atomic E-state index is 0.0433. The number of benzene rings is 1. The molecular formula is C19H24N2O2. The number of hydrogen-bond acceptors (Lipinski definition) is 2. The molecule has 0 fully saturated rings. The van der Waals surface area contributed by atoms with Crippen molar-refractivity contribution in [2.24, 2.45) is 0 Å².